The summed E-state index contributed by atoms with van der Waals surface area (Å²) in [5, 5.41) is 6.60. The molecule has 0 radical (unpaired) electrons. The molecule has 0 saturated heterocycles. The van der Waals surface area contributed by atoms with Crippen LogP contribution >= 0.6 is 24.0 Å². The average molecular weight is 473 g/mol. The molecule has 0 aliphatic rings. The summed E-state index contributed by atoms with van der Waals surface area (Å²) in [6.07, 6.45) is 3.34. The van der Waals surface area contributed by atoms with Crippen LogP contribution in [0.3, 0.4) is 0 Å². The zero-order valence-corrected chi connectivity index (χ0v) is 17.9. The number of methoxy groups -OCH3 is 2. The summed E-state index contributed by atoms with van der Waals surface area (Å²) >= 11 is 0. The fourth-order valence-electron chi connectivity index (χ4n) is 2.44. The Hall–Kier alpha value is -1.90. The van der Waals surface area contributed by atoms with E-state index in [1.807, 2.05) is 30.3 Å². The van der Waals surface area contributed by atoms with Crippen molar-refractivity contribution in [3.63, 3.8) is 0 Å². The summed E-state index contributed by atoms with van der Waals surface area (Å²) in [5.74, 6) is 3.26. The standard InChI is InChI=1S/C19H27N3O3.HI/c1-4-20-19(22-12-10-16-6-5-13-25-16)21-11-9-15-7-8-17(23-2)18(14-15)24-3;/h5-8,13-14H,4,9-12H2,1-3H3,(H2,20,21,22);1H. The van der Waals surface area contributed by atoms with E-state index in [0.717, 1.165) is 49.1 Å². The van der Waals surface area contributed by atoms with Crippen LogP contribution in [0.1, 0.15) is 18.2 Å². The van der Waals surface area contributed by atoms with Crippen molar-refractivity contribution in [1.82, 2.24) is 10.6 Å². The van der Waals surface area contributed by atoms with Crippen molar-refractivity contribution in [3.05, 3.63) is 47.9 Å². The number of aliphatic imine (C=N–C) groups is 1. The molecule has 1 aromatic carbocycles. The van der Waals surface area contributed by atoms with Gasteiger partial charge >= 0.3 is 0 Å². The Kier molecular flexibility index (Phi) is 10.6. The monoisotopic (exact) mass is 473 g/mol. The lowest BCUT2D eigenvalue weighted by Crippen LogP contribution is -2.38. The van der Waals surface area contributed by atoms with E-state index in [2.05, 4.69) is 22.5 Å². The van der Waals surface area contributed by atoms with Crippen LogP contribution in [0.15, 0.2) is 46.0 Å². The molecule has 26 heavy (non-hydrogen) atoms. The molecule has 0 aliphatic heterocycles. The van der Waals surface area contributed by atoms with Crippen LogP contribution in [0.4, 0.5) is 0 Å². The van der Waals surface area contributed by atoms with Crippen molar-refractivity contribution in [1.29, 1.82) is 0 Å². The quantitative estimate of drug-likeness (QED) is 0.333. The first-order valence-electron chi connectivity index (χ1n) is 8.52. The first-order chi connectivity index (χ1) is 12.3. The van der Waals surface area contributed by atoms with Gasteiger partial charge in [0.2, 0.25) is 0 Å². The van der Waals surface area contributed by atoms with E-state index in [0.29, 0.717) is 6.54 Å². The van der Waals surface area contributed by atoms with Crippen molar-refractivity contribution in [2.45, 2.75) is 19.8 Å². The summed E-state index contributed by atoms with van der Waals surface area (Å²) < 4.78 is 15.9. The largest absolute Gasteiger partial charge is 0.493 e. The molecular weight excluding hydrogens is 445 g/mol. The topological polar surface area (TPSA) is 68.0 Å². The van der Waals surface area contributed by atoms with E-state index >= 15 is 0 Å². The predicted molar refractivity (Wildman–Crippen MR) is 115 cm³/mol. The molecule has 0 amide bonds. The highest BCUT2D eigenvalue weighted by atomic mass is 127. The number of benzene rings is 1. The van der Waals surface area contributed by atoms with Gasteiger partial charge in [0.1, 0.15) is 5.76 Å². The zero-order valence-electron chi connectivity index (χ0n) is 15.6. The molecule has 6 nitrogen and oxygen atoms in total. The predicted octanol–water partition coefficient (Wildman–Crippen LogP) is 3.26. The van der Waals surface area contributed by atoms with Gasteiger partial charge in [0.15, 0.2) is 17.5 Å². The zero-order chi connectivity index (χ0) is 17.9. The molecule has 0 saturated carbocycles. The van der Waals surface area contributed by atoms with Gasteiger partial charge in [0.05, 0.1) is 20.5 Å². The summed E-state index contributed by atoms with van der Waals surface area (Å²) in [6, 6.07) is 9.83. The van der Waals surface area contributed by atoms with Gasteiger partial charge in [0, 0.05) is 26.1 Å². The van der Waals surface area contributed by atoms with E-state index in [1.165, 1.54) is 5.56 Å². The Morgan fingerprint density at radius 2 is 1.88 bits per heavy atom. The minimum Gasteiger partial charge on any atom is -0.493 e. The lowest BCUT2D eigenvalue weighted by Gasteiger charge is -2.12. The van der Waals surface area contributed by atoms with Gasteiger partial charge in [-0.15, -0.1) is 24.0 Å². The lowest BCUT2D eigenvalue weighted by atomic mass is 10.1. The number of ether oxygens (including phenoxy) is 2. The fourth-order valence-corrected chi connectivity index (χ4v) is 2.44. The van der Waals surface area contributed by atoms with E-state index in [9.17, 15) is 0 Å². The highest BCUT2D eigenvalue weighted by molar-refractivity contribution is 14.0. The number of nitrogens with zero attached hydrogens (tertiary/aromatic N) is 1. The Labute approximate surface area is 172 Å². The minimum absolute atomic E-state index is 0. The van der Waals surface area contributed by atoms with Crippen molar-refractivity contribution in [2.24, 2.45) is 4.99 Å². The summed E-state index contributed by atoms with van der Waals surface area (Å²) in [7, 11) is 3.29. The molecule has 0 spiro atoms. The Bertz CT molecular complexity index is 660. The summed E-state index contributed by atoms with van der Waals surface area (Å²) in [4.78, 5) is 4.57. The van der Waals surface area contributed by atoms with Crippen LogP contribution < -0.4 is 20.1 Å². The number of furan rings is 1. The second-order valence-electron chi connectivity index (χ2n) is 5.46. The first kappa shape index (κ1) is 22.1. The molecule has 0 fully saturated rings. The number of guanidine groups is 1. The molecule has 2 rings (SSSR count). The van der Waals surface area contributed by atoms with E-state index in [1.54, 1.807) is 20.5 Å². The third-order valence-electron chi connectivity index (χ3n) is 3.71. The van der Waals surface area contributed by atoms with Gasteiger partial charge in [-0.1, -0.05) is 6.07 Å². The Balaban J connectivity index is 0.00000338. The number of hydrogen-bond acceptors (Lipinski definition) is 4. The number of nitrogens with one attached hydrogen (secondary N) is 2. The van der Waals surface area contributed by atoms with Crippen LogP contribution in [0.2, 0.25) is 0 Å². The van der Waals surface area contributed by atoms with E-state index < -0.39 is 0 Å². The van der Waals surface area contributed by atoms with E-state index in [-0.39, 0.29) is 24.0 Å². The third kappa shape index (κ3) is 7.15. The molecule has 0 bridgehead atoms. The third-order valence-corrected chi connectivity index (χ3v) is 3.71. The van der Waals surface area contributed by atoms with Crippen molar-refractivity contribution < 1.29 is 13.9 Å². The highest BCUT2D eigenvalue weighted by Gasteiger charge is 2.05. The Morgan fingerprint density at radius 3 is 2.54 bits per heavy atom. The molecule has 0 aliphatic carbocycles. The van der Waals surface area contributed by atoms with Gasteiger partial charge in [-0.05, 0) is 43.2 Å². The van der Waals surface area contributed by atoms with Gasteiger partial charge in [-0.3, -0.25) is 4.99 Å². The molecule has 144 valence electrons. The summed E-state index contributed by atoms with van der Waals surface area (Å²) in [5.41, 5.74) is 1.18. The molecular formula is C19H28IN3O3. The molecule has 2 aromatic rings. The maximum atomic E-state index is 5.34. The van der Waals surface area contributed by atoms with Crippen molar-refractivity contribution >= 4 is 29.9 Å². The van der Waals surface area contributed by atoms with Crippen LogP contribution in [-0.4, -0.2) is 39.8 Å². The normalized spacial score (nSPS) is 10.8. The first-order valence-corrected chi connectivity index (χ1v) is 8.52. The van der Waals surface area contributed by atoms with Crippen LogP contribution in [0, 0.1) is 0 Å². The van der Waals surface area contributed by atoms with Crippen LogP contribution in [0.25, 0.3) is 0 Å². The van der Waals surface area contributed by atoms with Gasteiger partial charge in [0.25, 0.3) is 0 Å². The average Bonchev–Trinajstić information content (AvgIpc) is 3.15. The highest BCUT2D eigenvalue weighted by Crippen LogP contribution is 2.27. The second kappa shape index (κ2) is 12.5. The molecule has 7 heteroatoms. The SMILES string of the molecule is CCNC(=NCCc1ccco1)NCCc1ccc(OC)c(OC)c1.I. The van der Waals surface area contributed by atoms with E-state index in [4.69, 9.17) is 13.9 Å². The second-order valence-corrected chi connectivity index (χ2v) is 5.46. The molecule has 0 atom stereocenters. The van der Waals surface area contributed by atoms with Crippen LogP contribution in [0.5, 0.6) is 11.5 Å². The number of hydrogen-bond donors (Lipinski definition) is 2. The van der Waals surface area contributed by atoms with Crippen LogP contribution in [-0.2, 0) is 12.8 Å². The molecule has 1 aromatic heterocycles. The smallest absolute Gasteiger partial charge is 0.191 e. The maximum Gasteiger partial charge on any atom is 0.191 e. The molecule has 1 heterocycles. The van der Waals surface area contributed by atoms with Gasteiger partial charge < -0.3 is 24.5 Å². The Morgan fingerprint density at radius 1 is 1.08 bits per heavy atom. The van der Waals surface area contributed by atoms with Crippen molar-refractivity contribution in [3.8, 4) is 11.5 Å². The fraction of sp³-hybridized carbons (Fsp3) is 0.421. The summed E-state index contributed by atoms with van der Waals surface area (Å²) in [6.45, 7) is 4.34. The maximum absolute atomic E-state index is 5.34. The molecule has 2 N–H and O–H groups in total. The lowest BCUT2D eigenvalue weighted by molar-refractivity contribution is 0.354. The molecule has 0 unspecified atom stereocenters. The van der Waals surface area contributed by atoms with Crippen molar-refractivity contribution in [2.75, 3.05) is 33.9 Å². The van der Waals surface area contributed by atoms with Gasteiger partial charge in [-0.25, -0.2) is 0 Å². The number of rotatable bonds is 9. The van der Waals surface area contributed by atoms with Gasteiger partial charge in [-0.2, -0.15) is 0 Å². The number of halogens is 1. The minimum atomic E-state index is 0.